The first-order valence-electron chi connectivity index (χ1n) is 8.85. The van der Waals surface area contributed by atoms with E-state index in [2.05, 4.69) is 10.1 Å². The first-order valence-corrected chi connectivity index (χ1v) is 8.85. The van der Waals surface area contributed by atoms with E-state index in [0.717, 1.165) is 17.8 Å². The highest BCUT2D eigenvalue weighted by atomic mass is 19.4. The van der Waals surface area contributed by atoms with Crippen molar-refractivity contribution < 1.29 is 18.0 Å². The lowest BCUT2D eigenvalue weighted by Gasteiger charge is -2.19. The van der Waals surface area contributed by atoms with Gasteiger partial charge in [0, 0.05) is 36.6 Å². The maximum Gasteiger partial charge on any atom is 0.416 e. The highest BCUT2D eigenvalue weighted by Crippen LogP contribution is 2.32. The lowest BCUT2D eigenvalue weighted by Crippen LogP contribution is -2.30. The van der Waals surface area contributed by atoms with Crippen molar-refractivity contribution in [2.45, 2.75) is 25.7 Å². The van der Waals surface area contributed by atoms with E-state index < -0.39 is 11.7 Å². The normalized spacial score (nSPS) is 14.5. The maximum atomic E-state index is 13.0. The third-order valence-corrected chi connectivity index (χ3v) is 4.71. The molecule has 1 aliphatic rings. The number of nitrogens with zero attached hydrogens (tertiary/aromatic N) is 4. The van der Waals surface area contributed by atoms with Gasteiger partial charge in [0.15, 0.2) is 0 Å². The van der Waals surface area contributed by atoms with Crippen LogP contribution >= 0.6 is 0 Å². The van der Waals surface area contributed by atoms with Crippen molar-refractivity contribution in [2.24, 2.45) is 0 Å². The summed E-state index contributed by atoms with van der Waals surface area (Å²) in [4.78, 5) is 18.4. The smallest absolute Gasteiger partial charge is 0.333 e. The molecule has 2 aromatic heterocycles. The van der Waals surface area contributed by atoms with Gasteiger partial charge in [-0.3, -0.25) is 14.5 Å². The number of hydrogen-bond acceptors (Lipinski definition) is 3. The van der Waals surface area contributed by atoms with Gasteiger partial charge in [0.2, 0.25) is 0 Å². The Morgan fingerprint density at radius 2 is 1.82 bits per heavy atom. The fraction of sp³-hybridized carbons (Fsp3) is 0.250. The van der Waals surface area contributed by atoms with Crippen LogP contribution in [0.3, 0.4) is 0 Å². The monoisotopic (exact) mass is 386 g/mol. The van der Waals surface area contributed by atoms with Gasteiger partial charge in [-0.1, -0.05) is 12.1 Å². The third-order valence-electron chi connectivity index (χ3n) is 4.71. The van der Waals surface area contributed by atoms with Crippen LogP contribution < -0.4 is 0 Å². The summed E-state index contributed by atoms with van der Waals surface area (Å²) in [7, 11) is 0. The summed E-state index contributed by atoms with van der Waals surface area (Å²) in [5.41, 5.74) is 1.53. The number of halogens is 3. The molecule has 1 amide bonds. The minimum Gasteiger partial charge on any atom is -0.333 e. The topological polar surface area (TPSA) is 51.0 Å². The van der Waals surface area contributed by atoms with Gasteiger partial charge in [-0.25, -0.2) is 0 Å². The number of rotatable bonds is 2. The van der Waals surface area contributed by atoms with Gasteiger partial charge in [0.25, 0.3) is 5.91 Å². The Morgan fingerprint density at radius 3 is 2.57 bits per heavy atom. The van der Waals surface area contributed by atoms with E-state index in [1.165, 1.54) is 6.07 Å². The number of aromatic nitrogens is 3. The summed E-state index contributed by atoms with van der Waals surface area (Å²) in [6, 6.07) is 10.2. The molecule has 5 nitrogen and oxygen atoms in total. The lowest BCUT2D eigenvalue weighted by atomic mass is 10.1. The van der Waals surface area contributed by atoms with Crippen molar-refractivity contribution in [3.05, 3.63) is 71.7 Å². The van der Waals surface area contributed by atoms with E-state index in [1.807, 2.05) is 0 Å². The average molecular weight is 386 g/mol. The molecule has 28 heavy (non-hydrogen) atoms. The zero-order valence-corrected chi connectivity index (χ0v) is 14.9. The number of pyridine rings is 1. The molecule has 0 spiro atoms. The Kier molecular flexibility index (Phi) is 4.62. The molecule has 0 saturated heterocycles. The molecular formula is C20H17F3N4O. The fourth-order valence-electron chi connectivity index (χ4n) is 3.31. The Labute approximate surface area is 159 Å². The largest absolute Gasteiger partial charge is 0.416 e. The number of carbonyl (C=O) groups excluding carboxylic acids is 1. The minimum atomic E-state index is -4.40. The second-order valence-corrected chi connectivity index (χ2v) is 6.64. The Hall–Kier alpha value is -3.16. The molecule has 0 radical (unpaired) electrons. The molecule has 0 bridgehead atoms. The number of aryl methyl sites for hydroxylation is 1. The fourth-order valence-corrected chi connectivity index (χ4v) is 3.31. The van der Waals surface area contributed by atoms with Crippen LogP contribution in [0, 0.1) is 0 Å². The van der Waals surface area contributed by atoms with Crippen molar-refractivity contribution in [1.82, 2.24) is 19.7 Å². The summed E-state index contributed by atoms with van der Waals surface area (Å²) in [6.45, 7) is 1.55. The van der Waals surface area contributed by atoms with Crippen molar-refractivity contribution in [3.63, 3.8) is 0 Å². The number of alkyl halides is 3. The molecule has 144 valence electrons. The first-order chi connectivity index (χ1) is 13.4. The van der Waals surface area contributed by atoms with Crippen molar-refractivity contribution in [3.8, 4) is 11.3 Å². The van der Waals surface area contributed by atoms with E-state index in [4.69, 9.17) is 0 Å². The number of hydrogen-bond donors (Lipinski definition) is 0. The Bertz CT molecular complexity index is 998. The summed E-state index contributed by atoms with van der Waals surface area (Å²) in [6.07, 6.45) is -0.545. The second-order valence-electron chi connectivity index (χ2n) is 6.64. The molecular weight excluding hydrogens is 369 g/mol. The first kappa shape index (κ1) is 18.2. The van der Waals surface area contributed by atoms with Gasteiger partial charge < -0.3 is 4.90 Å². The van der Waals surface area contributed by atoms with Crippen LogP contribution in [0.4, 0.5) is 13.2 Å². The lowest BCUT2D eigenvalue weighted by molar-refractivity contribution is -0.137. The van der Waals surface area contributed by atoms with Gasteiger partial charge in [-0.2, -0.15) is 18.3 Å². The summed E-state index contributed by atoms with van der Waals surface area (Å²) < 4.78 is 40.7. The third kappa shape index (κ3) is 3.62. The standard InChI is InChI=1S/C20H17F3N4O/c21-20(22,23)16-4-1-3-15(11-16)18-12-17-13-26(9-2-10-27(17)25-18)19(28)14-5-7-24-8-6-14/h1,3-8,11-12H,2,9-10,13H2. The zero-order valence-electron chi connectivity index (χ0n) is 14.9. The van der Waals surface area contributed by atoms with E-state index in [-0.39, 0.29) is 5.91 Å². The predicted molar refractivity (Wildman–Crippen MR) is 96.3 cm³/mol. The van der Waals surface area contributed by atoms with Gasteiger partial charge in [-0.05, 0) is 36.8 Å². The molecule has 8 heteroatoms. The minimum absolute atomic E-state index is 0.0994. The van der Waals surface area contributed by atoms with Gasteiger partial charge in [0.05, 0.1) is 23.5 Å². The summed E-state index contributed by atoms with van der Waals surface area (Å²) >= 11 is 0. The number of fused-ring (bicyclic) bond motifs is 1. The molecule has 0 atom stereocenters. The van der Waals surface area contributed by atoms with Crippen LogP contribution in [0.1, 0.15) is 28.0 Å². The number of amides is 1. The van der Waals surface area contributed by atoms with Gasteiger partial charge in [0.1, 0.15) is 0 Å². The molecule has 1 aromatic carbocycles. The van der Waals surface area contributed by atoms with E-state index in [9.17, 15) is 18.0 Å². The van der Waals surface area contributed by atoms with Gasteiger partial charge in [-0.15, -0.1) is 0 Å². The molecule has 0 N–H and O–H groups in total. The molecule has 1 aliphatic heterocycles. The van der Waals surface area contributed by atoms with Crippen LogP contribution in [0.2, 0.25) is 0 Å². The van der Waals surface area contributed by atoms with Crippen molar-refractivity contribution in [1.29, 1.82) is 0 Å². The predicted octanol–water partition coefficient (Wildman–Crippen LogP) is 4.01. The quantitative estimate of drug-likeness (QED) is 0.669. The van der Waals surface area contributed by atoms with E-state index in [0.29, 0.717) is 42.9 Å². The number of benzene rings is 1. The summed E-state index contributed by atoms with van der Waals surface area (Å²) in [5.74, 6) is -0.0994. The molecule has 3 heterocycles. The van der Waals surface area contributed by atoms with Crippen LogP contribution in [-0.4, -0.2) is 32.1 Å². The van der Waals surface area contributed by atoms with Crippen LogP contribution in [-0.2, 0) is 19.3 Å². The highest BCUT2D eigenvalue weighted by Gasteiger charge is 2.31. The molecule has 0 unspecified atom stereocenters. The zero-order chi connectivity index (χ0) is 19.7. The summed E-state index contributed by atoms with van der Waals surface area (Å²) in [5, 5.41) is 4.47. The Balaban J connectivity index is 1.61. The molecule has 3 aromatic rings. The van der Waals surface area contributed by atoms with Crippen molar-refractivity contribution >= 4 is 5.91 Å². The molecule has 0 aliphatic carbocycles. The van der Waals surface area contributed by atoms with Crippen LogP contribution in [0.25, 0.3) is 11.3 Å². The molecule has 0 fully saturated rings. The van der Waals surface area contributed by atoms with Gasteiger partial charge >= 0.3 is 6.18 Å². The second kappa shape index (κ2) is 7.10. The number of carbonyl (C=O) groups is 1. The van der Waals surface area contributed by atoms with Crippen molar-refractivity contribution in [2.75, 3.05) is 6.54 Å². The van der Waals surface area contributed by atoms with E-state index in [1.54, 1.807) is 46.2 Å². The average Bonchev–Trinajstić information content (AvgIpc) is 2.99. The SMILES string of the molecule is O=C(c1ccncc1)N1CCCn2nc(-c3cccc(C(F)(F)F)c3)cc2C1. The van der Waals surface area contributed by atoms with Crippen LogP contribution in [0.15, 0.2) is 54.9 Å². The van der Waals surface area contributed by atoms with E-state index >= 15 is 0 Å². The van der Waals surface area contributed by atoms with Crippen LogP contribution in [0.5, 0.6) is 0 Å². The highest BCUT2D eigenvalue weighted by molar-refractivity contribution is 5.94. The maximum absolute atomic E-state index is 13.0. The molecule has 4 rings (SSSR count). The Morgan fingerprint density at radius 1 is 1.04 bits per heavy atom. The molecule has 0 saturated carbocycles.